The maximum atomic E-state index is 5.26. The van der Waals surface area contributed by atoms with E-state index in [2.05, 4.69) is 29.8 Å². The SMILES string of the molecule is COC1CN(Cc2cncc(C(C)C)c2)C1. The smallest absolute Gasteiger partial charge is 0.0825 e. The molecule has 0 bridgehead atoms. The zero-order valence-corrected chi connectivity index (χ0v) is 10.3. The minimum absolute atomic E-state index is 0.432. The lowest BCUT2D eigenvalue weighted by Gasteiger charge is -2.38. The van der Waals surface area contributed by atoms with E-state index in [0.29, 0.717) is 12.0 Å². The van der Waals surface area contributed by atoms with Crippen LogP contribution in [0.25, 0.3) is 0 Å². The van der Waals surface area contributed by atoms with Crippen molar-refractivity contribution in [2.75, 3.05) is 20.2 Å². The van der Waals surface area contributed by atoms with Gasteiger partial charge < -0.3 is 4.74 Å². The Hall–Kier alpha value is -0.930. The fraction of sp³-hybridized carbons (Fsp3) is 0.615. The molecule has 1 aliphatic rings. The molecule has 0 atom stereocenters. The van der Waals surface area contributed by atoms with Crippen molar-refractivity contribution >= 4 is 0 Å². The molecule has 1 aromatic heterocycles. The predicted octanol–water partition coefficient (Wildman–Crippen LogP) is 2.04. The Morgan fingerprint density at radius 1 is 1.44 bits per heavy atom. The topological polar surface area (TPSA) is 25.4 Å². The van der Waals surface area contributed by atoms with Crippen LogP contribution in [0.3, 0.4) is 0 Å². The van der Waals surface area contributed by atoms with E-state index in [4.69, 9.17) is 4.74 Å². The largest absolute Gasteiger partial charge is 0.379 e. The van der Waals surface area contributed by atoms with Crippen molar-refractivity contribution in [1.29, 1.82) is 0 Å². The molecular formula is C13H20N2O. The molecule has 0 N–H and O–H groups in total. The molecule has 0 spiro atoms. The van der Waals surface area contributed by atoms with Crippen LogP contribution in [0.4, 0.5) is 0 Å². The molecule has 1 fully saturated rings. The van der Waals surface area contributed by atoms with Crippen molar-refractivity contribution in [3.8, 4) is 0 Å². The second-order valence-electron chi connectivity index (χ2n) is 4.83. The van der Waals surface area contributed by atoms with E-state index in [-0.39, 0.29) is 0 Å². The number of rotatable bonds is 4. The first kappa shape index (κ1) is 11.6. The maximum absolute atomic E-state index is 5.26. The average Bonchev–Trinajstić information content (AvgIpc) is 2.23. The first-order valence-corrected chi connectivity index (χ1v) is 5.88. The lowest BCUT2D eigenvalue weighted by atomic mass is 10.0. The highest BCUT2D eigenvalue weighted by molar-refractivity contribution is 5.21. The van der Waals surface area contributed by atoms with E-state index in [1.54, 1.807) is 7.11 Å². The second kappa shape index (κ2) is 4.93. The quantitative estimate of drug-likeness (QED) is 0.776. The zero-order valence-electron chi connectivity index (χ0n) is 10.3. The molecule has 2 rings (SSSR count). The molecule has 3 nitrogen and oxygen atoms in total. The molecule has 1 aliphatic heterocycles. The number of hydrogen-bond donors (Lipinski definition) is 0. The van der Waals surface area contributed by atoms with Gasteiger partial charge in [0.25, 0.3) is 0 Å². The molecule has 16 heavy (non-hydrogen) atoms. The third-order valence-corrected chi connectivity index (χ3v) is 3.15. The van der Waals surface area contributed by atoms with E-state index in [0.717, 1.165) is 19.6 Å². The minimum Gasteiger partial charge on any atom is -0.379 e. The standard InChI is InChI=1S/C13H20N2O/c1-10(2)12-4-11(5-14-6-12)7-15-8-13(9-15)16-3/h4-6,10,13H,7-9H2,1-3H3. The zero-order chi connectivity index (χ0) is 11.5. The molecule has 88 valence electrons. The third kappa shape index (κ3) is 2.60. The summed E-state index contributed by atoms with van der Waals surface area (Å²) in [6, 6.07) is 2.26. The fourth-order valence-corrected chi connectivity index (χ4v) is 1.97. The van der Waals surface area contributed by atoms with Gasteiger partial charge in [0.15, 0.2) is 0 Å². The van der Waals surface area contributed by atoms with Crippen LogP contribution in [0.15, 0.2) is 18.5 Å². The van der Waals surface area contributed by atoms with Gasteiger partial charge in [0.2, 0.25) is 0 Å². The monoisotopic (exact) mass is 220 g/mol. The Morgan fingerprint density at radius 3 is 2.81 bits per heavy atom. The highest BCUT2D eigenvalue weighted by atomic mass is 16.5. The van der Waals surface area contributed by atoms with Crippen molar-refractivity contribution in [3.63, 3.8) is 0 Å². The van der Waals surface area contributed by atoms with Gasteiger partial charge in [0, 0.05) is 39.1 Å². The summed E-state index contributed by atoms with van der Waals surface area (Å²) in [4.78, 5) is 6.68. The summed E-state index contributed by atoms with van der Waals surface area (Å²) in [5.41, 5.74) is 2.63. The molecule has 0 saturated carbocycles. The Balaban J connectivity index is 1.92. The van der Waals surface area contributed by atoms with Crippen molar-refractivity contribution in [2.24, 2.45) is 0 Å². The normalized spacial score (nSPS) is 17.8. The molecule has 0 radical (unpaired) electrons. The number of hydrogen-bond acceptors (Lipinski definition) is 3. The van der Waals surface area contributed by atoms with Crippen LogP contribution in [0, 0.1) is 0 Å². The van der Waals surface area contributed by atoms with Crippen LogP contribution in [0.2, 0.25) is 0 Å². The summed E-state index contributed by atoms with van der Waals surface area (Å²) in [6.45, 7) is 7.48. The van der Waals surface area contributed by atoms with Gasteiger partial charge in [0.1, 0.15) is 0 Å². The van der Waals surface area contributed by atoms with Gasteiger partial charge >= 0.3 is 0 Å². The van der Waals surface area contributed by atoms with Crippen LogP contribution >= 0.6 is 0 Å². The summed E-state index contributed by atoms with van der Waals surface area (Å²) in [6.07, 6.45) is 4.36. The van der Waals surface area contributed by atoms with E-state index >= 15 is 0 Å². The molecule has 0 aliphatic carbocycles. The molecule has 0 unspecified atom stereocenters. The van der Waals surface area contributed by atoms with Crippen LogP contribution in [0.1, 0.15) is 30.9 Å². The van der Waals surface area contributed by atoms with Gasteiger partial charge in [-0.05, 0) is 17.0 Å². The number of aromatic nitrogens is 1. The van der Waals surface area contributed by atoms with Gasteiger partial charge in [-0.25, -0.2) is 0 Å². The third-order valence-electron chi connectivity index (χ3n) is 3.15. The summed E-state index contributed by atoms with van der Waals surface area (Å²) in [5.74, 6) is 0.551. The van der Waals surface area contributed by atoms with Crippen LogP contribution < -0.4 is 0 Å². The van der Waals surface area contributed by atoms with E-state index in [1.807, 2.05) is 12.4 Å². The Morgan fingerprint density at radius 2 is 2.19 bits per heavy atom. The second-order valence-corrected chi connectivity index (χ2v) is 4.83. The first-order valence-electron chi connectivity index (χ1n) is 5.88. The molecule has 0 amide bonds. The maximum Gasteiger partial charge on any atom is 0.0825 e. The van der Waals surface area contributed by atoms with Gasteiger partial charge in [-0.1, -0.05) is 19.9 Å². The summed E-state index contributed by atoms with van der Waals surface area (Å²) < 4.78 is 5.26. The fourth-order valence-electron chi connectivity index (χ4n) is 1.97. The van der Waals surface area contributed by atoms with Gasteiger partial charge in [-0.3, -0.25) is 9.88 Å². The van der Waals surface area contributed by atoms with Crippen molar-refractivity contribution in [2.45, 2.75) is 32.4 Å². The minimum atomic E-state index is 0.432. The molecule has 0 aromatic carbocycles. The Bertz CT molecular complexity index is 346. The molecule has 3 heteroatoms. The number of nitrogens with zero attached hydrogens (tertiary/aromatic N) is 2. The van der Waals surface area contributed by atoms with Crippen molar-refractivity contribution in [3.05, 3.63) is 29.6 Å². The summed E-state index contributed by atoms with van der Waals surface area (Å²) in [7, 11) is 1.78. The number of pyridine rings is 1. The van der Waals surface area contributed by atoms with E-state index in [9.17, 15) is 0 Å². The predicted molar refractivity (Wildman–Crippen MR) is 64.4 cm³/mol. The van der Waals surface area contributed by atoms with Gasteiger partial charge in [-0.15, -0.1) is 0 Å². The Labute approximate surface area is 97.4 Å². The average molecular weight is 220 g/mol. The molecular weight excluding hydrogens is 200 g/mol. The molecule has 2 heterocycles. The molecule has 1 aromatic rings. The first-order chi connectivity index (χ1) is 7.69. The van der Waals surface area contributed by atoms with Crippen LogP contribution in [0.5, 0.6) is 0 Å². The van der Waals surface area contributed by atoms with Crippen molar-refractivity contribution in [1.82, 2.24) is 9.88 Å². The Kier molecular flexibility index (Phi) is 3.56. The van der Waals surface area contributed by atoms with Gasteiger partial charge in [0.05, 0.1) is 6.10 Å². The summed E-state index contributed by atoms with van der Waals surface area (Å²) >= 11 is 0. The van der Waals surface area contributed by atoms with E-state index in [1.165, 1.54) is 11.1 Å². The number of ether oxygens (including phenoxy) is 1. The number of methoxy groups -OCH3 is 1. The lowest BCUT2D eigenvalue weighted by molar-refractivity contribution is -0.0334. The molecule has 1 saturated heterocycles. The summed E-state index contributed by atoms with van der Waals surface area (Å²) in [5, 5.41) is 0. The highest BCUT2D eigenvalue weighted by Gasteiger charge is 2.26. The highest BCUT2D eigenvalue weighted by Crippen LogP contribution is 2.18. The van der Waals surface area contributed by atoms with E-state index < -0.39 is 0 Å². The van der Waals surface area contributed by atoms with Crippen LogP contribution in [-0.4, -0.2) is 36.2 Å². The number of likely N-dealkylation sites (tertiary alicyclic amines) is 1. The van der Waals surface area contributed by atoms with Crippen LogP contribution in [-0.2, 0) is 11.3 Å². The lowest BCUT2D eigenvalue weighted by Crippen LogP contribution is -2.50. The van der Waals surface area contributed by atoms with Crippen molar-refractivity contribution < 1.29 is 4.74 Å². The van der Waals surface area contributed by atoms with Gasteiger partial charge in [-0.2, -0.15) is 0 Å².